The molecule has 0 spiro atoms. The van der Waals surface area contributed by atoms with Crippen molar-refractivity contribution in [1.29, 1.82) is 0 Å². The van der Waals surface area contributed by atoms with Crippen LogP contribution in [0.25, 0.3) is 0 Å². The zero-order valence-corrected chi connectivity index (χ0v) is 12.9. The van der Waals surface area contributed by atoms with Crippen molar-refractivity contribution < 1.29 is 23.8 Å². The number of amides is 1. The molecule has 1 atom stereocenters. The average Bonchev–Trinajstić information content (AvgIpc) is 2.96. The van der Waals surface area contributed by atoms with Crippen molar-refractivity contribution in [2.75, 3.05) is 33.9 Å². The molecule has 1 saturated heterocycles. The Kier molecular flexibility index (Phi) is 6.42. The summed E-state index contributed by atoms with van der Waals surface area (Å²) in [5.41, 5.74) is -0.110. The van der Waals surface area contributed by atoms with Gasteiger partial charge in [-0.25, -0.2) is 9.59 Å². The molecule has 1 aliphatic heterocycles. The van der Waals surface area contributed by atoms with Crippen molar-refractivity contribution in [1.82, 2.24) is 4.90 Å². The first kappa shape index (κ1) is 17.2. The molecule has 1 amide bonds. The first-order valence-electron chi connectivity index (χ1n) is 6.88. The van der Waals surface area contributed by atoms with Crippen LogP contribution in [0.15, 0.2) is 24.3 Å². The monoisotopic (exact) mass is 297 g/mol. The maximum Gasteiger partial charge on any atom is 0.410 e. The van der Waals surface area contributed by atoms with Crippen molar-refractivity contribution in [3.05, 3.63) is 24.3 Å². The Morgan fingerprint density at radius 1 is 1.38 bits per heavy atom. The average molecular weight is 297 g/mol. The van der Waals surface area contributed by atoms with E-state index in [2.05, 4.69) is 6.58 Å². The number of esters is 1. The van der Waals surface area contributed by atoms with Crippen molar-refractivity contribution in [3.8, 4) is 0 Å². The van der Waals surface area contributed by atoms with Gasteiger partial charge in [-0.3, -0.25) is 0 Å². The molecule has 0 aromatic rings. The molecule has 0 radical (unpaired) electrons. The van der Waals surface area contributed by atoms with Crippen LogP contribution in [-0.4, -0.2) is 56.5 Å². The Balaban J connectivity index is 2.60. The normalized spacial score (nSPS) is 22.0. The molecule has 1 heterocycles. The van der Waals surface area contributed by atoms with E-state index in [9.17, 15) is 9.59 Å². The van der Waals surface area contributed by atoms with Gasteiger partial charge >= 0.3 is 12.1 Å². The van der Waals surface area contributed by atoms with Crippen LogP contribution >= 0.6 is 0 Å². The van der Waals surface area contributed by atoms with Crippen LogP contribution in [-0.2, 0) is 19.0 Å². The third-order valence-corrected chi connectivity index (χ3v) is 3.63. The molecule has 0 bridgehead atoms. The second-order valence-electron chi connectivity index (χ2n) is 4.83. The van der Waals surface area contributed by atoms with Crippen molar-refractivity contribution in [2.45, 2.75) is 25.4 Å². The molecule has 21 heavy (non-hydrogen) atoms. The zero-order chi connectivity index (χ0) is 15.9. The van der Waals surface area contributed by atoms with Gasteiger partial charge in [-0.2, -0.15) is 0 Å². The molecular formula is C15H23NO5. The van der Waals surface area contributed by atoms with Gasteiger partial charge in [-0.05, 0) is 12.0 Å². The number of allylic oxidation sites excluding steroid dienone is 2. The van der Waals surface area contributed by atoms with E-state index in [0.717, 1.165) is 12.0 Å². The van der Waals surface area contributed by atoms with Gasteiger partial charge in [-0.1, -0.05) is 25.7 Å². The maximum absolute atomic E-state index is 12.0. The molecule has 1 rings (SSSR count). The summed E-state index contributed by atoms with van der Waals surface area (Å²) >= 11 is 0. The largest absolute Gasteiger partial charge is 0.467 e. The molecule has 0 aromatic heterocycles. The van der Waals surface area contributed by atoms with Crippen LogP contribution in [0.3, 0.4) is 0 Å². The highest BCUT2D eigenvalue weighted by atomic mass is 16.6. The number of methoxy groups -OCH3 is 2. The molecule has 1 fully saturated rings. The number of likely N-dealkylation sites (tertiary alicyclic amines) is 1. The Hall–Kier alpha value is -1.82. The van der Waals surface area contributed by atoms with Crippen molar-refractivity contribution in [3.63, 3.8) is 0 Å². The Labute approximate surface area is 125 Å². The van der Waals surface area contributed by atoms with Crippen LogP contribution < -0.4 is 0 Å². The highest BCUT2D eigenvalue weighted by Crippen LogP contribution is 2.26. The second-order valence-corrected chi connectivity index (χ2v) is 4.83. The van der Waals surface area contributed by atoms with Crippen molar-refractivity contribution in [2.24, 2.45) is 0 Å². The first-order chi connectivity index (χ1) is 10.0. The number of ether oxygens (including phenoxy) is 3. The van der Waals surface area contributed by atoms with Gasteiger partial charge in [-0.15, -0.1) is 0 Å². The van der Waals surface area contributed by atoms with E-state index in [0.29, 0.717) is 13.0 Å². The van der Waals surface area contributed by atoms with E-state index < -0.39 is 17.7 Å². The van der Waals surface area contributed by atoms with Crippen LogP contribution in [0.5, 0.6) is 0 Å². The molecule has 1 aliphatic rings. The molecule has 6 nitrogen and oxygen atoms in total. The molecule has 0 aromatic carbocycles. The third kappa shape index (κ3) is 4.07. The second kappa shape index (κ2) is 7.83. The fourth-order valence-corrected chi connectivity index (χ4v) is 2.22. The number of nitrogens with zero attached hydrogens (tertiary/aromatic N) is 1. The number of hydrogen-bond acceptors (Lipinski definition) is 5. The lowest BCUT2D eigenvalue weighted by Crippen LogP contribution is -2.45. The number of carbonyl (C=O) groups excluding carboxylic acids is 2. The molecule has 0 aliphatic carbocycles. The van der Waals surface area contributed by atoms with Gasteiger partial charge in [0.05, 0.1) is 13.7 Å². The van der Waals surface area contributed by atoms with E-state index in [4.69, 9.17) is 14.2 Å². The molecule has 0 saturated carbocycles. The van der Waals surface area contributed by atoms with E-state index in [1.54, 1.807) is 6.08 Å². The maximum atomic E-state index is 12.0. The van der Waals surface area contributed by atoms with Crippen molar-refractivity contribution >= 4 is 12.1 Å². The minimum absolute atomic E-state index is 0.141. The summed E-state index contributed by atoms with van der Waals surface area (Å²) in [6.07, 6.45) is 4.21. The lowest BCUT2D eigenvalue weighted by Gasteiger charge is -2.24. The van der Waals surface area contributed by atoms with Gasteiger partial charge in [0.25, 0.3) is 0 Å². The Morgan fingerprint density at radius 2 is 2.10 bits per heavy atom. The SMILES string of the molecule is C=C/C=C(\CC)COC(=O)N1CCC(OC)(C(=O)OC)C1. The molecular weight excluding hydrogens is 274 g/mol. The van der Waals surface area contributed by atoms with E-state index >= 15 is 0 Å². The molecule has 118 valence electrons. The Morgan fingerprint density at radius 3 is 2.62 bits per heavy atom. The van der Waals surface area contributed by atoms with Gasteiger partial charge in [0.2, 0.25) is 0 Å². The summed E-state index contributed by atoms with van der Waals surface area (Å²) in [6, 6.07) is 0. The highest BCUT2D eigenvalue weighted by Gasteiger charge is 2.48. The van der Waals surface area contributed by atoms with Gasteiger partial charge < -0.3 is 19.1 Å². The van der Waals surface area contributed by atoms with E-state index in [-0.39, 0.29) is 13.2 Å². The van der Waals surface area contributed by atoms with E-state index in [1.807, 2.05) is 13.0 Å². The minimum Gasteiger partial charge on any atom is -0.467 e. The number of hydrogen-bond donors (Lipinski definition) is 0. The van der Waals surface area contributed by atoms with Crippen LogP contribution in [0, 0.1) is 0 Å². The summed E-state index contributed by atoms with van der Waals surface area (Å²) in [7, 11) is 2.74. The van der Waals surface area contributed by atoms with Gasteiger partial charge in [0, 0.05) is 20.1 Å². The minimum atomic E-state index is -1.09. The fourth-order valence-electron chi connectivity index (χ4n) is 2.22. The molecule has 1 unspecified atom stereocenters. The van der Waals surface area contributed by atoms with Crippen LogP contribution in [0.4, 0.5) is 4.79 Å². The lowest BCUT2D eigenvalue weighted by atomic mass is 10.0. The summed E-state index contributed by atoms with van der Waals surface area (Å²) in [6.45, 7) is 6.35. The first-order valence-corrected chi connectivity index (χ1v) is 6.88. The summed E-state index contributed by atoms with van der Waals surface area (Å²) in [5, 5.41) is 0. The predicted molar refractivity (Wildman–Crippen MR) is 77.9 cm³/mol. The lowest BCUT2D eigenvalue weighted by molar-refractivity contribution is -0.164. The molecule has 0 N–H and O–H groups in total. The van der Waals surface area contributed by atoms with Crippen LogP contribution in [0.2, 0.25) is 0 Å². The zero-order valence-electron chi connectivity index (χ0n) is 12.9. The number of rotatable bonds is 6. The summed E-state index contributed by atoms with van der Waals surface area (Å²) < 4.78 is 15.3. The predicted octanol–water partition coefficient (Wildman–Crippen LogP) is 1.91. The Bertz CT molecular complexity index is 432. The highest BCUT2D eigenvalue weighted by molar-refractivity contribution is 5.82. The van der Waals surface area contributed by atoms with Gasteiger partial charge in [0.1, 0.15) is 6.61 Å². The smallest absolute Gasteiger partial charge is 0.410 e. The summed E-state index contributed by atoms with van der Waals surface area (Å²) in [4.78, 5) is 25.3. The van der Waals surface area contributed by atoms with Gasteiger partial charge in [0.15, 0.2) is 5.60 Å². The summed E-state index contributed by atoms with van der Waals surface area (Å²) in [5.74, 6) is -0.471. The topological polar surface area (TPSA) is 65.1 Å². The van der Waals surface area contributed by atoms with E-state index in [1.165, 1.54) is 19.1 Å². The van der Waals surface area contributed by atoms with Crippen LogP contribution in [0.1, 0.15) is 19.8 Å². The quantitative estimate of drug-likeness (QED) is 0.553. The third-order valence-electron chi connectivity index (χ3n) is 3.63. The molecule has 6 heteroatoms. The fraction of sp³-hybridized carbons (Fsp3) is 0.600. The number of carbonyl (C=O) groups is 2. The standard InChI is InChI=1S/C15H23NO5/c1-5-7-12(6-2)10-21-14(18)16-9-8-15(11-16,20-4)13(17)19-3/h5,7H,1,6,8-11H2,2-4H3/b12-7+.